The lowest BCUT2D eigenvalue weighted by Crippen LogP contribution is -2.09. The number of aryl methyl sites for hydroxylation is 1. The molecule has 2 N–H and O–H groups in total. The molecule has 0 aliphatic rings. The molecule has 0 fully saturated rings. The summed E-state index contributed by atoms with van der Waals surface area (Å²) in [7, 11) is -3.30. The Kier molecular flexibility index (Phi) is 5.64. The van der Waals surface area contributed by atoms with Gasteiger partial charge < -0.3 is 5.32 Å². The fraction of sp³-hybridized carbons (Fsp3) is 0.118. The maximum absolute atomic E-state index is 11.9. The van der Waals surface area contributed by atoms with E-state index in [9.17, 15) is 13.2 Å². The van der Waals surface area contributed by atoms with Crippen LogP contribution >= 0.6 is 11.6 Å². The van der Waals surface area contributed by atoms with Crippen LogP contribution in [0.2, 0.25) is 5.02 Å². The third kappa shape index (κ3) is 5.72. The van der Waals surface area contributed by atoms with Crippen molar-refractivity contribution in [2.75, 3.05) is 16.3 Å². The molecular formula is C17H17ClN2O3S. The van der Waals surface area contributed by atoms with Gasteiger partial charge in [0.1, 0.15) is 0 Å². The highest BCUT2D eigenvalue weighted by Gasteiger charge is 2.04. The van der Waals surface area contributed by atoms with Gasteiger partial charge in [0, 0.05) is 11.8 Å². The summed E-state index contributed by atoms with van der Waals surface area (Å²) >= 11 is 6.07. The van der Waals surface area contributed by atoms with E-state index in [0.29, 0.717) is 16.4 Å². The van der Waals surface area contributed by atoms with Crippen LogP contribution in [0, 0.1) is 6.92 Å². The van der Waals surface area contributed by atoms with E-state index in [0.717, 1.165) is 17.4 Å². The molecule has 1 amide bonds. The second-order valence-electron chi connectivity index (χ2n) is 5.30. The number of hydrogen-bond donors (Lipinski definition) is 2. The lowest BCUT2D eigenvalue weighted by Gasteiger charge is -2.06. The first-order valence-electron chi connectivity index (χ1n) is 7.06. The molecule has 0 unspecified atom stereocenters. The molecule has 0 spiro atoms. The van der Waals surface area contributed by atoms with Gasteiger partial charge >= 0.3 is 0 Å². The molecule has 0 saturated carbocycles. The quantitative estimate of drug-likeness (QED) is 0.795. The standard InChI is InChI=1S/C17H17ClN2O3S/c1-12-3-9-16(15(18)11-12)19-17(21)10-6-13-4-7-14(8-5-13)20-24(2,22)23/h3-11,20H,1-2H3,(H,19,21)/b10-6+. The highest BCUT2D eigenvalue weighted by molar-refractivity contribution is 7.92. The predicted octanol–water partition coefficient (Wildman–Crippen LogP) is 3.67. The van der Waals surface area contributed by atoms with Crippen molar-refractivity contribution in [2.24, 2.45) is 0 Å². The monoisotopic (exact) mass is 364 g/mol. The van der Waals surface area contributed by atoms with Gasteiger partial charge in [0.05, 0.1) is 17.0 Å². The number of carbonyl (C=O) groups is 1. The Bertz CT molecular complexity index is 875. The van der Waals surface area contributed by atoms with Crippen LogP contribution in [-0.2, 0) is 14.8 Å². The number of halogens is 1. The summed E-state index contributed by atoms with van der Waals surface area (Å²) in [6.45, 7) is 1.92. The van der Waals surface area contributed by atoms with Gasteiger partial charge in [-0.3, -0.25) is 9.52 Å². The van der Waals surface area contributed by atoms with Crippen molar-refractivity contribution in [1.82, 2.24) is 0 Å². The van der Waals surface area contributed by atoms with Crippen molar-refractivity contribution in [3.8, 4) is 0 Å². The van der Waals surface area contributed by atoms with Gasteiger partial charge in [-0.05, 0) is 48.4 Å². The maximum atomic E-state index is 11.9. The maximum Gasteiger partial charge on any atom is 0.248 e. The van der Waals surface area contributed by atoms with Crippen LogP contribution in [0.5, 0.6) is 0 Å². The number of nitrogens with one attached hydrogen (secondary N) is 2. The van der Waals surface area contributed by atoms with Crippen molar-refractivity contribution in [1.29, 1.82) is 0 Å². The summed E-state index contributed by atoms with van der Waals surface area (Å²) in [5, 5.41) is 3.18. The molecule has 0 aromatic heterocycles. The van der Waals surface area contributed by atoms with E-state index in [1.165, 1.54) is 6.08 Å². The number of rotatable bonds is 5. The molecule has 7 heteroatoms. The summed E-state index contributed by atoms with van der Waals surface area (Å²) in [4.78, 5) is 11.9. The topological polar surface area (TPSA) is 75.3 Å². The molecule has 2 aromatic carbocycles. The van der Waals surface area contributed by atoms with Crippen LogP contribution in [0.3, 0.4) is 0 Å². The molecule has 0 aliphatic carbocycles. The Morgan fingerprint density at radius 3 is 2.38 bits per heavy atom. The van der Waals surface area contributed by atoms with Crippen molar-refractivity contribution >= 4 is 45.0 Å². The van der Waals surface area contributed by atoms with E-state index >= 15 is 0 Å². The summed E-state index contributed by atoms with van der Waals surface area (Å²) in [6, 6.07) is 12.0. The van der Waals surface area contributed by atoms with Gasteiger partial charge in [-0.2, -0.15) is 0 Å². The Morgan fingerprint density at radius 2 is 1.79 bits per heavy atom. The molecule has 0 saturated heterocycles. The molecule has 0 radical (unpaired) electrons. The van der Waals surface area contributed by atoms with Gasteiger partial charge in [-0.25, -0.2) is 8.42 Å². The number of amides is 1. The average molecular weight is 365 g/mol. The smallest absolute Gasteiger partial charge is 0.248 e. The van der Waals surface area contributed by atoms with Crippen LogP contribution < -0.4 is 10.0 Å². The second kappa shape index (κ2) is 7.51. The number of carbonyl (C=O) groups excluding carboxylic acids is 1. The van der Waals surface area contributed by atoms with E-state index < -0.39 is 10.0 Å². The van der Waals surface area contributed by atoms with Crippen LogP contribution in [0.1, 0.15) is 11.1 Å². The Labute approximate surface area is 146 Å². The van der Waals surface area contributed by atoms with E-state index in [2.05, 4.69) is 10.0 Å². The molecule has 0 bridgehead atoms. The van der Waals surface area contributed by atoms with Crippen LogP contribution in [0.15, 0.2) is 48.5 Å². The van der Waals surface area contributed by atoms with Crippen molar-refractivity contribution < 1.29 is 13.2 Å². The molecule has 2 rings (SSSR count). The minimum atomic E-state index is -3.30. The van der Waals surface area contributed by atoms with E-state index in [1.807, 2.05) is 13.0 Å². The third-order valence-corrected chi connectivity index (χ3v) is 3.94. The molecular weight excluding hydrogens is 348 g/mol. The minimum absolute atomic E-state index is 0.306. The SMILES string of the molecule is Cc1ccc(NC(=O)/C=C/c2ccc(NS(C)(=O)=O)cc2)c(Cl)c1. The summed E-state index contributed by atoms with van der Waals surface area (Å²) < 4.78 is 24.6. The number of hydrogen-bond acceptors (Lipinski definition) is 3. The molecule has 24 heavy (non-hydrogen) atoms. The molecule has 0 heterocycles. The minimum Gasteiger partial charge on any atom is -0.321 e. The molecule has 2 aromatic rings. The van der Waals surface area contributed by atoms with Crippen LogP contribution in [-0.4, -0.2) is 20.6 Å². The molecule has 126 valence electrons. The van der Waals surface area contributed by atoms with E-state index in [4.69, 9.17) is 11.6 Å². The Morgan fingerprint density at radius 1 is 1.12 bits per heavy atom. The Balaban J connectivity index is 2.01. The first-order chi connectivity index (χ1) is 11.2. The zero-order valence-corrected chi connectivity index (χ0v) is 14.8. The average Bonchev–Trinajstić information content (AvgIpc) is 2.48. The van der Waals surface area contributed by atoms with Gasteiger partial charge in [-0.1, -0.05) is 29.8 Å². The lowest BCUT2D eigenvalue weighted by atomic mass is 10.2. The lowest BCUT2D eigenvalue weighted by molar-refractivity contribution is -0.111. The second-order valence-corrected chi connectivity index (χ2v) is 7.46. The van der Waals surface area contributed by atoms with Crippen molar-refractivity contribution in [3.63, 3.8) is 0 Å². The van der Waals surface area contributed by atoms with Crippen molar-refractivity contribution in [3.05, 3.63) is 64.7 Å². The van der Waals surface area contributed by atoms with Gasteiger partial charge in [-0.15, -0.1) is 0 Å². The summed E-state index contributed by atoms with van der Waals surface area (Å²) in [6.07, 6.45) is 4.10. The fourth-order valence-corrected chi connectivity index (χ4v) is 2.79. The Hall–Kier alpha value is -2.31. The van der Waals surface area contributed by atoms with Gasteiger partial charge in [0.15, 0.2) is 0 Å². The van der Waals surface area contributed by atoms with Gasteiger partial charge in [0.2, 0.25) is 15.9 Å². The normalized spacial score (nSPS) is 11.5. The number of benzene rings is 2. The highest BCUT2D eigenvalue weighted by Crippen LogP contribution is 2.22. The number of anilines is 2. The van der Waals surface area contributed by atoms with Crippen LogP contribution in [0.25, 0.3) is 6.08 Å². The van der Waals surface area contributed by atoms with Crippen LogP contribution in [0.4, 0.5) is 11.4 Å². The molecule has 5 nitrogen and oxygen atoms in total. The zero-order valence-electron chi connectivity index (χ0n) is 13.2. The summed E-state index contributed by atoms with van der Waals surface area (Å²) in [5.74, 6) is -0.306. The number of sulfonamides is 1. The molecule has 0 aliphatic heterocycles. The zero-order chi connectivity index (χ0) is 17.7. The molecule has 0 atom stereocenters. The third-order valence-electron chi connectivity index (χ3n) is 3.02. The van der Waals surface area contributed by atoms with Crippen molar-refractivity contribution in [2.45, 2.75) is 6.92 Å². The largest absolute Gasteiger partial charge is 0.321 e. The van der Waals surface area contributed by atoms with E-state index in [1.54, 1.807) is 42.5 Å². The fourth-order valence-electron chi connectivity index (χ4n) is 1.94. The highest BCUT2D eigenvalue weighted by atomic mass is 35.5. The first kappa shape index (κ1) is 18.0. The van der Waals surface area contributed by atoms with Gasteiger partial charge in [0.25, 0.3) is 0 Å². The summed E-state index contributed by atoms with van der Waals surface area (Å²) in [5.41, 5.74) is 2.78. The van der Waals surface area contributed by atoms with E-state index in [-0.39, 0.29) is 5.91 Å². The first-order valence-corrected chi connectivity index (χ1v) is 9.33. The predicted molar refractivity (Wildman–Crippen MR) is 98.8 cm³/mol.